The first-order valence-electron chi connectivity index (χ1n) is 9.16. The summed E-state index contributed by atoms with van der Waals surface area (Å²) in [7, 11) is 0. The minimum Gasteiger partial charge on any atom is -0.301 e. The van der Waals surface area contributed by atoms with Crippen molar-refractivity contribution < 1.29 is 4.79 Å². The minimum absolute atomic E-state index is 0.0452. The number of anilines is 1. The van der Waals surface area contributed by atoms with Gasteiger partial charge in [0.15, 0.2) is 0 Å². The SMILES string of the molecule is O=C(CCCCCn1nnc2ccccc2c1=O)Nc1nnc(C2CC2)s1. The lowest BCUT2D eigenvalue weighted by Crippen LogP contribution is -2.24. The molecule has 27 heavy (non-hydrogen) atoms. The molecule has 0 atom stereocenters. The Labute approximate surface area is 159 Å². The summed E-state index contributed by atoms with van der Waals surface area (Å²) >= 11 is 1.47. The number of benzene rings is 1. The molecule has 0 aliphatic heterocycles. The van der Waals surface area contributed by atoms with Crippen LogP contribution in [-0.2, 0) is 11.3 Å². The molecular weight excluding hydrogens is 364 g/mol. The van der Waals surface area contributed by atoms with E-state index in [4.69, 9.17) is 0 Å². The number of nitrogens with zero attached hydrogens (tertiary/aromatic N) is 5. The number of amides is 1. The third-order valence-electron chi connectivity index (χ3n) is 4.52. The zero-order chi connectivity index (χ0) is 18.6. The lowest BCUT2D eigenvalue weighted by atomic mass is 10.2. The number of aromatic nitrogens is 5. The van der Waals surface area contributed by atoms with Gasteiger partial charge in [-0.3, -0.25) is 9.59 Å². The fourth-order valence-electron chi connectivity index (χ4n) is 2.86. The van der Waals surface area contributed by atoms with Crippen LogP contribution in [0.4, 0.5) is 5.13 Å². The number of carbonyl (C=O) groups excluding carboxylic acids is 1. The Morgan fingerprint density at radius 3 is 2.85 bits per heavy atom. The van der Waals surface area contributed by atoms with Crippen LogP contribution in [0.3, 0.4) is 0 Å². The quantitative estimate of drug-likeness (QED) is 0.599. The highest BCUT2D eigenvalue weighted by atomic mass is 32.1. The number of fused-ring (bicyclic) bond motifs is 1. The molecule has 1 amide bonds. The molecule has 1 N–H and O–H groups in total. The van der Waals surface area contributed by atoms with Gasteiger partial charge in [0.05, 0.1) is 5.39 Å². The van der Waals surface area contributed by atoms with E-state index >= 15 is 0 Å². The van der Waals surface area contributed by atoms with Gasteiger partial charge in [-0.2, -0.15) is 0 Å². The fourth-order valence-corrected chi connectivity index (χ4v) is 3.78. The molecule has 0 radical (unpaired) electrons. The van der Waals surface area contributed by atoms with Crippen LogP contribution in [0.1, 0.15) is 49.5 Å². The Morgan fingerprint density at radius 1 is 1.15 bits per heavy atom. The molecule has 0 saturated heterocycles. The number of aryl methyl sites for hydroxylation is 1. The monoisotopic (exact) mass is 384 g/mol. The highest BCUT2D eigenvalue weighted by Gasteiger charge is 2.27. The molecule has 0 bridgehead atoms. The maximum Gasteiger partial charge on any atom is 0.277 e. The van der Waals surface area contributed by atoms with Gasteiger partial charge in [-0.05, 0) is 37.8 Å². The zero-order valence-electron chi connectivity index (χ0n) is 14.8. The Bertz CT molecular complexity index is 1010. The summed E-state index contributed by atoms with van der Waals surface area (Å²) in [5, 5.41) is 21.2. The summed E-state index contributed by atoms with van der Waals surface area (Å²) in [6.45, 7) is 0.499. The molecular formula is C18H20N6O2S. The maximum atomic E-state index is 12.3. The van der Waals surface area contributed by atoms with Crippen LogP contribution in [0.5, 0.6) is 0 Å². The van der Waals surface area contributed by atoms with Crippen molar-refractivity contribution in [1.29, 1.82) is 0 Å². The van der Waals surface area contributed by atoms with E-state index < -0.39 is 0 Å². The first kappa shape index (κ1) is 17.7. The molecule has 1 aliphatic rings. The lowest BCUT2D eigenvalue weighted by molar-refractivity contribution is -0.116. The van der Waals surface area contributed by atoms with E-state index in [2.05, 4.69) is 25.8 Å². The van der Waals surface area contributed by atoms with Crippen LogP contribution in [0.15, 0.2) is 29.1 Å². The van der Waals surface area contributed by atoms with Crippen LogP contribution in [0.25, 0.3) is 10.9 Å². The van der Waals surface area contributed by atoms with Crippen molar-refractivity contribution in [3.63, 3.8) is 0 Å². The van der Waals surface area contributed by atoms with Crippen LogP contribution in [-0.4, -0.2) is 31.1 Å². The normalized spacial score (nSPS) is 13.8. The molecule has 2 heterocycles. The molecule has 2 aromatic heterocycles. The summed E-state index contributed by atoms with van der Waals surface area (Å²) in [4.78, 5) is 24.3. The van der Waals surface area contributed by atoms with Gasteiger partial charge < -0.3 is 5.32 Å². The van der Waals surface area contributed by atoms with Crippen molar-refractivity contribution in [2.24, 2.45) is 0 Å². The van der Waals surface area contributed by atoms with Crippen molar-refractivity contribution in [1.82, 2.24) is 25.2 Å². The fraction of sp³-hybridized carbons (Fsp3) is 0.444. The van der Waals surface area contributed by atoms with E-state index in [9.17, 15) is 9.59 Å². The predicted octanol–water partition coefficient (Wildman–Crippen LogP) is 2.72. The number of rotatable bonds is 8. The summed E-state index contributed by atoms with van der Waals surface area (Å²) < 4.78 is 1.39. The Morgan fingerprint density at radius 2 is 2.00 bits per heavy atom. The van der Waals surface area contributed by atoms with Gasteiger partial charge in [-0.15, -0.1) is 15.3 Å². The molecule has 1 fully saturated rings. The third kappa shape index (κ3) is 4.36. The summed E-state index contributed by atoms with van der Waals surface area (Å²) in [5.41, 5.74) is 0.484. The van der Waals surface area contributed by atoms with E-state index in [0.29, 0.717) is 34.9 Å². The molecule has 4 rings (SSSR count). The maximum absolute atomic E-state index is 12.3. The minimum atomic E-state index is -0.124. The lowest BCUT2D eigenvalue weighted by Gasteiger charge is -2.05. The molecule has 1 saturated carbocycles. The summed E-state index contributed by atoms with van der Waals surface area (Å²) in [5.74, 6) is 0.505. The van der Waals surface area contributed by atoms with Gasteiger partial charge >= 0.3 is 0 Å². The zero-order valence-corrected chi connectivity index (χ0v) is 15.6. The number of carbonyl (C=O) groups is 1. The third-order valence-corrected chi connectivity index (χ3v) is 5.52. The smallest absolute Gasteiger partial charge is 0.277 e. The standard InChI is InChI=1S/C18H20N6O2S/c25-15(19-18-22-21-16(27-18)12-9-10-12)8-2-1-5-11-24-17(26)13-6-3-4-7-14(13)20-23-24/h3-4,6-7,12H,1-2,5,8-11H2,(H,19,22,25). The summed E-state index contributed by atoms with van der Waals surface area (Å²) in [6, 6.07) is 7.19. The Balaban J connectivity index is 1.20. The molecule has 9 heteroatoms. The van der Waals surface area contributed by atoms with Gasteiger partial charge in [0.25, 0.3) is 5.56 Å². The highest BCUT2D eigenvalue weighted by Crippen LogP contribution is 2.42. The van der Waals surface area contributed by atoms with Crippen molar-refractivity contribution in [2.75, 3.05) is 5.32 Å². The van der Waals surface area contributed by atoms with E-state index in [1.165, 1.54) is 28.9 Å². The second-order valence-electron chi connectivity index (χ2n) is 6.71. The first-order valence-corrected chi connectivity index (χ1v) is 9.98. The largest absolute Gasteiger partial charge is 0.301 e. The van der Waals surface area contributed by atoms with Crippen LogP contribution < -0.4 is 10.9 Å². The summed E-state index contributed by atoms with van der Waals surface area (Å²) in [6.07, 6.45) is 5.12. The molecule has 140 valence electrons. The van der Waals surface area contributed by atoms with Crippen molar-refractivity contribution in [3.05, 3.63) is 39.6 Å². The molecule has 1 aliphatic carbocycles. The number of hydrogen-bond acceptors (Lipinski definition) is 7. The van der Waals surface area contributed by atoms with Gasteiger partial charge in [-0.25, -0.2) is 4.68 Å². The Hall–Kier alpha value is -2.68. The van der Waals surface area contributed by atoms with Crippen molar-refractivity contribution in [2.45, 2.75) is 51.0 Å². The first-order chi connectivity index (χ1) is 13.2. The van der Waals surface area contributed by atoms with Gasteiger partial charge in [-0.1, -0.05) is 35.1 Å². The van der Waals surface area contributed by atoms with Gasteiger partial charge in [0, 0.05) is 18.9 Å². The second-order valence-corrected chi connectivity index (χ2v) is 7.72. The van der Waals surface area contributed by atoms with Crippen molar-refractivity contribution in [3.8, 4) is 0 Å². The number of hydrogen-bond donors (Lipinski definition) is 1. The van der Waals surface area contributed by atoms with Crippen molar-refractivity contribution >= 4 is 33.3 Å². The average Bonchev–Trinajstić information content (AvgIpc) is 3.43. The van der Waals surface area contributed by atoms with E-state index in [1.54, 1.807) is 12.1 Å². The van der Waals surface area contributed by atoms with Gasteiger partial charge in [0.2, 0.25) is 11.0 Å². The van der Waals surface area contributed by atoms with E-state index in [-0.39, 0.29) is 11.5 Å². The average molecular weight is 384 g/mol. The van der Waals surface area contributed by atoms with Gasteiger partial charge in [0.1, 0.15) is 10.5 Å². The van der Waals surface area contributed by atoms with E-state index in [0.717, 1.165) is 24.3 Å². The second kappa shape index (κ2) is 7.91. The molecule has 0 spiro atoms. The topological polar surface area (TPSA) is 103 Å². The molecule has 3 aromatic rings. The predicted molar refractivity (Wildman–Crippen MR) is 103 cm³/mol. The van der Waals surface area contributed by atoms with Crippen LogP contribution in [0.2, 0.25) is 0 Å². The Kier molecular flexibility index (Phi) is 5.19. The number of nitrogens with one attached hydrogen (secondary N) is 1. The van der Waals surface area contributed by atoms with Crippen LogP contribution >= 0.6 is 11.3 Å². The highest BCUT2D eigenvalue weighted by molar-refractivity contribution is 7.15. The molecule has 1 aromatic carbocycles. The number of unbranched alkanes of at least 4 members (excludes halogenated alkanes) is 2. The molecule has 0 unspecified atom stereocenters. The molecule has 8 nitrogen and oxygen atoms in total. The van der Waals surface area contributed by atoms with Crippen LogP contribution in [0, 0.1) is 0 Å². The van der Waals surface area contributed by atoms with E-state index in [1.807, 2.05) is 12.1 Å².